The average molecular weight is 390 g/mol. The molecule has 25 heavy (non-hydrogen) atoms. The highest BCUT2D eigenvalue weighted by Gasteiger charge is 2.29. The highest BCUT2D eigenvalue weighted by molar-refractivity contribution is 7.14. The molecule has 1 amide bonds. The van der Waals surface area contributed by atoms with Gasteiger partial charge in [0.25, 0.3) is 0 Å². The molecule has 1 unspecified atom stereocenters. The van der Waals surface area contributed by atoms with Crippen molar-refractivity contribution >= 4 is 34.8 Å². The van der Waals surface area contributed by atoms with Crippen molar-refractivity contribution in [2.45, 2.75) is 13.5 Å². The highest BCUT2D eigenvalue weighted by atomic mass is 35.5. The summed E-state index contributed by atoms with van der Waals surface area (Å²) in [6.45, 7) is 0.803. The number of ether oxygens (including phenoxy) is 1. The minimum absolute atomic E-state index is 0. The Bertz CT molecular complexity index is 708. The first-order valence-electron chi connectivity index (χ1n) is 7.55. The summed E-state index contributed by atoms with van der Waals surface area (Å²) in [5.41, 5.74) is 1.45. The molecule has 2 heterocycles. The maximum Gasteiger partial charge on any atom is 0.387 e. The lowest BCUT2D eigenvalue weighted by Gasteiger charge is -2.31. The normalized spacial score (nSPS) is 15.2. The summed E-state index contributed by atoms with van der Waals surface area (Å²) in [7, 11) is 0. The second-order valence-electron chi connectivity index (χ2n) is 5.64. The van der Waals surface area contributed by atoms with Crippen LogP contribution < -0.4 is 15.4 Å². The predicted octanol–water partition coefficient (Wildman–Crippen LogP) is 3.63. The molecule has 0 bridgehead atoms. The van der Waals surface area contributed by atoms with Gasteiger partial charge in [0, 0.05) is 16.9 Å². The third kappa shape index (κ3) is 4.87. The molecular formula is C16H18ClF2N3O2S. The number of carbonyl (C=O) groups is 1. The number of anilines is 1. The Morgan fingerprint density at radius 1 is 1.36 bits per heavy atom. The standard InChI is InChI=1S/C16H17F2N3O2S.ClH/c1-9(11-6-19-7-11)14(22)21-16-20-13(8-24-16)10-2-4-12(5-3-10)23-15(17)18;/h2-5,8-9,11,15,19H,6-7H2,1H3,(H,20,21,22);1H. The number of hydrogen-bond donors (Lipinski definition) is 2. The molecule has 1 saturated heterocycles. The molecule has 1 aromatic heterocycles. The van der Waals surface area contributed by atoms with Gasteiger partial charge in [-0.3, -0.25) is 4.79 Å². The molecular weight excluding hydrogens is 372 g/mol. The molecule has 5 nitrogen and oxygen atoms in total. The fourth-order valence-corrected chi connectivity index (χ4v) is 3.09. The maximum atomic E-state index is 12.2. The lowest BCUT2D eigenvalue weighted by molar-refractivity contribution is -0.121. The van der Waals surface area contributed by atoms with Crippen LogP contribution in [0.4, 0.5) is 13.9 Å². The lowest BCUT2D eigenvalue weighted by Crippen LogP contribution is -2.48. The van der Waals surface area contributed by atoms with Crippen molar-refractivity contribution in [2.24, 2.45) is 11.8 Å². The molecule has 9 heteroatoms. The molecule has 2 aromatic rings. The summed E-state index contributed by atoms with van der Waals surface area (Å²) in [6.07, 6.45) is 0. The lowest BCUT2D eigenvalue weighted by atomic mass is 9.88. The van der Waals surface area contributed by atoms with Gasteiger partial charge in [0.2, 0.25) is 5.91 Å². The van der Waals surface area contributed by atoms with Gasteiger partial charge in [0.05, 0.1) is 5.69 Å². The number of rotatable bonds is 6. The molecule has 0 radical (unpaired) electrons. The van der Waals surface area contributed by atoms with Gasteiger partial charge >= 0.3 is 6.61 Å². The minimum atomic E-state index is -2.84. The van der Waals surface area contributed by atoms with Crippen molar-refractivity contribution in [3.63, 3.8) is 0 Å². The number of amides is 1. The molecule has 0 aliphatic carbocycles. The van der Waals surface area contributed by atoms with Crippen LogP contribution in [0.3, 0.4) is 0 Å². The fourth-order valence-electron chi connectivity index (χ4n) is 2.37. The number of halogens is 3. The van der Waals surface area contributed by atoms with E-state index in [1.165, 1.54) is 23.5 Å². The Morgan fingerprint density at radius 2 is 2.04 bits per heavy atom. The van der Waals surface area contributed by atoms with Crippen LogP contribution in [0.1, 0.15) is 6.92 Å². The van der Waals surface area contributed by atoms with Crippen molar-refractivity contribution in [1.29, 1.82) is 0 Å². The van der Waals surface area contributed by atoms with Crippen LogP contribution in [0.5, 0.6) is 5.75 Å². The van der Waals surface area contributed by atoms with E-state index in [4.69, 9.17) is 0 Å². The smallest absolute Gasteiger partial charge is 0.387 e. The molecule has 1 aromatic carbocycles. The zero-order valence-corrected chi connectivity index (χ0v) is 15.0. The maximum absolute atomic E-state index is 12.2. The van der Waals surface area contributed by atoms with E-state index in [1.54, 1.807) is 12.1 Å². The van der Waals surface area contributed by atoms with Crippen LogP contribution in [0, 0.1) is 11.8 Å². The van der Waals surface area contributed by atoms with Crippen molar-refractivity contribution in [3.05, 3.63) is 29.6 Å². The van der Waals surface area contributed by atoms with Crippen LogP contribution in [-0.4, -0.2) is 30.6 Å². The van der Waals surface area contributed by atoms with Crippen molar-refractivity contribution < 1.29 is 18.3 Å². The Morgan fingerprint density at radius 3 is 2.60 bits per heavy atom. The number of aromatic nitrogens is 1. The quantitative estimate of drug-likeness (QED) is 0.792. The Hall–Kier alpha value is -1.77. The monoisotopic (exact) mass is 389 g/mol. The molecule has 2 N–H and O–H groups in total. The summed E-state index contributed by atoms with van der Waals surface area (Å²) >= 11 is 1.33. The van der Waals surface area contributed by atoms with Crippen LogP contribution in [-0.2, 0) is 4.79 Å². The topological polar surface area (TPSA) is 63.2 Å². The first-order chi connectivity index (χ1) is 11.5. The summed E-state index contributed by atoms with van der Waals surface area (Å²) in [6, 6.07) is 6.23. The van der Waals surface area contributed by atoms with E-state index in [-0.39, 0.29) is 30.0 Å². The van der Waals surface area contributed by atoms with Gasteiger partial charge in [-0.15, -0.1) is 23.7 Å². The largest absolute Gasteiger partial charge is 0.435 e. The van der Waals surface area contributed by atoms with Gasteiger partial charge in [-0.25, -0.2) is 4.98 Å². The number of hydrogen-bond acceptors (Lipinski definition) is 5. The average Bonchev–Trinajstić information content (AvgIpc) is 2.94. The summed E-state index contributed by atoms with van der Waals surface area (Å²) in [5.74, 6) is 0.361. The van der Waals surface area contributed by atoms with Crippen molar-refractivity contribution in [2.75, 3.05) is 18.4 Å². The first-order valence-corrected chi connectivity index (χ1v) is 8.43. The van der Waals surface area contributed by atoms with E-state index in [2.05, 4.69) is 20.4 Å². The number of thiazole rings is 1. The molecule has 1 fully saturated rings. The van der Waals surface area contributed by atoms with Crippen LogP contribution >= 0.6 is 23.7 Å². The summed E-state index contributed by atoms with van der Waals surface area (Å²) in [5, 5.41) is 8.33. The molecule has 1 atom stereocenters. The molecule has 3 rings (SSSR count). The fraction of sp³-hybridized carbons (Fsp3) is 0.375. The second-order valence-corrected chi connectivity index (χ2v) is 6.50. The summed E-state index contributed by atoms with van der Waals surface area (Å²) in [4.78, 5) is 16.6. The number of nitrogens with zero attached hydrogens (tertiary/aromatic N) is 1. The zero-order chi connectivity index (χ0) is 17.1. The van der Waals surface area contributed by atoms with Crippen molar-refractivity contribution in [1.82, 2.24) is 10.3 Å². The predicted molar refractivity (Wildman–Crippen MR) is 95.6 cm³/mol. The van der Waals surface area contributed by atoms with Gasteiger partial charge in [0.15, 0.2) is 5.13 Å². The third-order valence-electron chi connectivity index (χ3n) is 4.04. The molecule has 1 aliphatic heterocycles. The number of nitrogens with one attached hydrogen (secondary N) is 2. The molecule has 0 spiro atoms. The van der Waals surface area contributed by atoms with Crippen LogP contribution in [0.15, 0.2) is 29.6 Å². The van der Waals surface area contributed by atoms with E-state index >= 15 is 0 Å². The van der Waals surface area contributed by atoms with Gasteiger partial charge in [-0.05, 0) is 43.3 Å². The van der Waals surface area contributed by atoms with E-state index < -0.39 is 6.61 Å². The van der Waals surface area contributed by atoms with E-state index in [9.17, 15) is 13.6 Å². The Balaban J connectivity index is 0.00000225. The van der Waals surface area contributed by atoms with Crippen molar-refractivity contribution in [3.8, 4) is 17.0 Å². The Labute approximate surface area is 154 Å². The minimum Gasteiger partial charge on any atom is -0.435 e. The van der Waals surface area contributed by atoms with E-state index in [0.29, 0.717) is 16.7 Å². The van der Waals surface area contributed by atoms with Gasteiger partial charge in [0.1, 0.15) is 5.75 Å². The number of benzene rings is 1. The Kier molecular flexibility index (Phi) is 6.69. The molecule has 0 saturated carbocycles. The van der Waals surface area contributed by atoms with E-state index in [0.717, 1.165) is 18.7 Å². The highest BCUT2D eigenvalue weighted by Crippen LogP contribution is 2.27. The third-order valence-corrected chi connectivity index (χ3v) is 4.80. The van der Waals surface area contributed by atoms with Gasteiger partial charge in [-0.2, -0.15) is 8.78 Å². The number of carbonyl (C=O) groups excluding carboxylic acids is 1. The molecule has 136 valence electrons. The van der Waals surface area contributed by atoms with Gasteiger partial charge < -0.3 is 15.4 Å². The van der Waals surface area contributed by atoms with Gasteiger partial charge in [-0.1, -0.05) is 6.92 Å². The zero-order valence-electron chi connectivity index (χ0n) is 13.4. The summed E-state index contributed by atoms with van der Waals surface area (Å²) < 4.78 is 28.6. The SMILES string of the molecule is CC(C(=O)Nc1nc(-c2ccc(OC(F)F)cc2)cs1)C1CNC1.Cl. The number of alkyl halides is 2. The first kappa shape index (κ1) is 19.6. The second kappa shape index (κ2) is 8.55. The van der Waals surface area contributed by atoms with E-state index in [1.807, 2.05) is 12.3 Å². The van der Waals surface area contributed by atoms with Crippen LogP contribution in [0.25, 0.3) is 11.3 Å². The van der Waals surface area contributed by atoms with Crippen LogP contribution in [0.2, 0.25) is 0 Å². The molecule has 1 aliphatic rings.